The van der Waals surface area contributed by atoms with Gasteiger partial charge in [0.1, 0.15) is 5.71 Å². The Hall–Kier alpha value is -1.93. The Morgan fingerprint density at radius 2 is 1.49 bits per heavy atom. The Balaban J connectivity index is 2.23. The van der Waals surface area contributed by atoms with E-state index in [1.807, 2.05) is 0 Å². The number of allylic oxidation sites excluding steroid dienone is 1. The number of esters is 2. The van der Waals surface area contributed by atoms with Crippen LogP contribution in [0.1, 0.15) is 70.7 Å². The van der Waals surface area contributed by atoms with Gasteiger partial charge in [-0.3, -0.25) is 14.6 Å². The molecule has 0 amide bonds. The third kappa shape index (κ3) is 3.81. The minimum atomic E-state index is -1.42. The molecule has 4 rings (SSSR count). The standard InChI is InChI=1S/C31H46N3O5PS/c1-13-33(14-2)30-24(22-20(6)17-19(5)18-21(22)7)32-39-31(30,34(15-3)16-4)29(27(36)38-12)23(26(35)37-11)25(28(8,9)10)41-40(29)30/h17-18H,13-16H2,1-12H3/t29-,30+,31+,40-/m1/s1. The van der Waals surface area contributed by atoms with Gasteiger partial charge in [-0.1, -0.05) is 82.7 Å². The molecule has 4 atom stereocenters. The summed E-state index contributed by atoms with van der Waals surface area (Å²) in [6.07, 6.45) is 0. The van der Waals surface area contributed by atoms with Crippen molar-refractivity contribution in [2.45, 2.75) is 85.4 Å². The summed E-state index contributed by atoms with van der Waals surface area (Å²) in [5.74, 6) is -0.989. The van der Waals surface area contributed by atoms with Gasteiger partial charge in [-0.25, -0.2) is 4.79 Å². The lowest BCUT2D eigenvalue weighted by atomic mass is 9.72. The number of oxime groups is 1. The van der Waals surface area contributed by atoms with E-state index in [0.29, 0.717) is 31.8 Å². The zero-order valence-electron chi connectivity index (χ0n) is 26.7. The number of carbonyl (C=O) groups excluding carboxylic acids is 2. The van der Waals surface area contributed by atoms with Gasteiger partial charge in [0.05, 0.1) is 19.8 Å². The Kier molecular flexibility index (Phi) is 8.56. The van der Waals surface area contributed by atoms with Crippen molar-refractivity contribution in [3.05, 3.63) is 44.9 Å². The van der Waals surface area contributed by atoms with Gasteiger partial charge in [0, 0.05) is 17.6 Å². The van der Waals surface area contributed by atoms with Crippen LogP contribution in [0.5, 0.6) is 0 Å². The highest BCUT2D eigenvalue weighted by atomic mass is 32.7. The molecular weight excluding hydrogens is 557 g/mol. The largest absolute Gasteiger partial charge is 0.468 e. The van der Waals surface area contributed by atoms with Crippen molar-refractivity contribution in [3.63, 3.8) is 0 Å². The summed E-state index contributed by atoms with van der Waals surface area (Å²) >= 11 is 1.66. The molecule has 0 aliphatic carbocycles. The molecule has 3 aliphatic rings. The van der Waals surface area contributed by atoms with Gasteiger partial charge in [0.25, 0.3) is 0 Å². The van der Waals surface area contributed by atoms with Crippen LogP contribution in [0, 0.1) is 26.2 Å². The van der Waals surface area contributed by atoms with E-state index >= 15 is 0 Å². The van der Waals surface area contributed by atoms with Gasteiger partial charge < -0.3 is 14.3 Å². The number of hydrogen-bond donors (Lipinski definition) is 0. The molecule has 3 aliphatic heterocycles. The van der Waals surface area contributed by atoms with Crippen LogP contribution in [0.2, 0.25) is 0 Å². The highest BCUT2D eigenvalue weighted by Gasteiger charge is 2.96. The summed E-state index contributed by atoms with van der Waals surface area (Å²) in [4.78, 5) is 40.7. The summed E-state index contributed by atoms with van der Waals surface area (Å²) in [6.45, 7) is 23.6. The molecule has 3 heterocycles. The van der Waals surface area contributed by atoms with Crippen LogP contribution >= 0.6 is 18.5 Å². The summed E-state index contributed by atoms with van der Waals surface area (Å²) in [5.41, 5.74) is 3.89. The van der Waals surface area contributed by atoms with Crippen molar-refractivity contribution < 1.29 is 23.9 Å². The zero-order valence-corrected chi connectivity index (χ0v) is 28.4. The Morgan fingerprint density at radius 3 is 1.93 bits per heavy atom. The molecule has 10 heteroatoms. The minimum absolute atomic E-state index is 0.360. The summed E-state index contributed by atoms with van der Waals surface area (Å²) in [6, 6.07) is 4.36. The van der Waals surface area contributed by atoms with Crippen molar-refractivity contribution in [3.8, 4) is 0 Å². The van der Waals surface area contributed by atoms with Crippen LogP contribution < -0.4 is 0 Å². The molecule has 0 radical (unpaired) electrons. The van der Waals surface area contributed by atoms with E-state index in [0.717, 1.165) is 27.3 Å². The third-order valence-electron chi connectivity index (χ3n) is 8.83. The van der Waals surface area contributed by atoms with Crippen LogP contribution in [0.25, 0.3) is 0 Å². The van der Waals surface area contributed by atoms with Crippen LogP contribution in [-0.2, 0) is 23.9 Å². The van der Waals surface area contributed by atoms with E-state index in [2.05, 4.69) is 91.2 Å². The second-order valence-corrected chi connectivity index (χ2v) is 16.1. The molecule has 0 bridgehead atoms. The van der Waals surface area contributed by atoms with Crippen LogP contribution in [0.15, 0.2) is 27.8 Å². The van der Waals surface area contributed by atoms with Gasteiger partial charge in [-0.05, 0) is 63.5 Å². The van der Waals surface area contributed by atoms with Gasteiger partial charge in [-0.2, -0.15) is 0 Å². The number of nitrogens with zero attached hydrogens (tertiary/aromatic N) is 3. The molecule has 8 nitrogen and oxygen atoms in total. The maximum absolute atomic E-state index is 14.5. The summed E-state index contributed by atoms with van der Waals surface area (Å²) in [7, 11) is 1.35. The number of aryl methyl sites for hydroxylation is 3. The number of benzene rings is 1. The lowest BCUT2D eigenvalue weighted by Crippen LogP contribution is -2.89. The molecule has 1 saturated heterocycles. The Bertz CT molecular complexity index is 1290. The number of fused-ring (bicyclic) bond motifs is 4. The smallest absolute Gasteiger partial charge is 0.336 e. The first-order valence-electron chi connectivity index (χ1n) is 14.5. The fraction of sp³-hybridized carbons (Fsp3) is 0.645. The molecule has 0 spiro atoms. The first-order chi connectivity index (χ1) is 19.3. The molecule has 41 heavy (non-hydrogen) atoms. The van der Waals surface area contributed by atoms with E-state index in [9.17, 15) is 9.59 Å². The zero-order chi connectivity index (χ0) is 30.7. The van der Waals surface area contributed by atoms with E-state index in [-0.39, 0.29) is 0 Å². The number of hydrogen-bond acceptors (Lipinski definition) is 9. The molecule has 1 aromatic carbocycles. The number of carbonyl (C=O) groups is 2. The van der Waals surface area contributed by atoms with E-state index in [4.69, 9.17) is 19.5 Å². The fourth-order valence-corrected chi connectivity index (χ4v) is 16.0. The third-order valence-corrected chi connectivity index (χ3v) is 15.4. The predicted octanol–water partition coefficient (Wildman–Crippen LogP) is 5.96. The monoisotopic (exact) mass is 603 g/mol. The van der Waals surface area contributed by atoms with Crippen molar-refractivity contribution >= 4 is 36.2 Å². The highest BCUT2D eigenvalue weighted by molar-refractivity contribution is 8.60. The highest BCUT2D eigenvalue weighted by Crippen LogP contribution is 2.94. The van der Waals surface area contributed by atoms with E-state index in [1.165, 1.54) is 19.8 Å². The molecule has 0 saturated carbocycles. The van der Waals surface area contributed by atoms with Gasteiger partial charge in [0.15, 0.2) is 10.4 Å². The normalized spacial score (nSPS) is 28.7. The molecule has 0 aromatic heterocycles. The SMILES string of the molecule is CCN(CC)[C@@]12ON=C(c3c(C)cc(C)cc3C)[C@]1(N(CC)CC)[P@]1SC(C(C)(C)C)=C(C(=O)OC)[C@]12C(=O)OC. The number of likely N-dealkylation sites (N-methyl/N-ethyl adjacent to an activating group) is 2. The lowest BCUT2D eigenvalue weighted by molar-refractivity contribution is -0.217. The maximum Gasteiger partial charge on any atom is 0.336 e. The Morgan fingerprint density at radius 1 is 0.951 bits per heavy atom. The average molecular weight is 604 g/mol. The average Bonchev–Trinajstić information content (AvgIpc) is 3.40. The van der Waals surface area contributed by atoms with Crippen molar-refractivity contribution in [1.82, 2.24) is 9.80 Å². The maximum atomic E-state index is 14.5. The first-order valence-corrected chi connectivity index (χ1v) is 17.3. The molecule has 226 valence electrons. The van der Waals surface area contributed by atoms with E-state index in [1.54, 1.807) is 11.4 Å². The fourth-order valence-electron chi connectivity index (χ4n) is 7.43. The van der Waals surface area contributed by atoms with Crippen LogP contribution in [0.4, 0.5) is 0 Å². The Labute approximate surface area is 250 Å². The van der Waals surface area contributed by atoms with Crippen molar-refractivity contribution in [1.29, 1.82) is 0 Å². The van der Waals surface area contributed by atoms with Crippen molar-refractivity contribution in [2.24, 2.45) is 10.6 Å². The lowest BCUT2D eigenvalue weighted by Gasteiger charge is -2.71. The van der Waals surface area contributed by atoms with Gasteiger partial charge in [0.2, 0.25) is 5.72 Å². The second kappa shape index (κ2) is 11.0. The predicted molar refractivity (Wildman–Crippen MR) is 167 cm³/mol. The topological polar surface area (TPSA) is 80.7 Å². The minimum Gasteiger partial charge on any atom is -0.468 e. The van der Waals surface area contributed by atoms with Crippen molar-refractivity contribution in [2.75, 3.05) is 40.4 Å². The van der Waals surface area contributed by atoms with Gasteiger partial charge >= 0.3 is 11.9 Å². The van der Waals surface area contributed by atoms with Gasteiger partial charge in [-0.15, -0.1) is 0 Å². The number of methoxy groups -OCH3 is 2. The quantitative estimate of drug-likeness (QED) is 0.253. The number of rotatable bonds is 9. The van der Waals surface area contributed by atoms with Crippen LogP contribution in [-0.4, -0.2) is 84.0 Å². The van der Waals surface area contributed by atoms with E-state index < -0.39 is 40.6 Å². The van der Waals surface area contributed by atoms with Crippen LogP contribution in [0.3, 0.4) is 0 Å². The first kappa shape index (κ1) is 32.0. The molecular formula is C31H46N3O5PS. The summed E-state index contributed by atoms with van der Waals surface area (Å²) in [5, 5.41) is 2.74. The molecule has 1 fully saturated rings. The molecule has 1 aromatic rings. The summed E-state index contributed by atoms with van der Waals surface area (Å²) < 4.78 is 11.1. The second-order valence-electron chi connectivity index (χ2n) is 12.0. The number of ether oxygens (including phenoxy) is 2. The molecule has 0 N–H and O–H groups in total. The molecule has 0 unspecified atom stereocenters.